The van der Waals surface area contributed by atoms with Crippen LogP contribution in [0.15, 0.2) is 12.4 Å². The molecule has 92 valence electrons. The van der Waals surface area contributed by atoms with Crippen LogP contribution in [-0.2, 0) is 10.8 Å². The zero-order valence-corrected chi connectivity index (χ0v) is 10.4. The van der Waals surface area contributed by atoms with Gasteiger partial charge in [0.05, 0.1) is 12.4 Å². The van der Waals surface area contributed by atoms with Gasteiger partial charge >= 0.3 is 0 Å². The van der Waals surface area contributed by atoms with E-state index < -0.39 is 10.8 Å². The fourth-order valence-corrected chi connectivity index (χ4v) is 2.64. The van der Waals surface area contributed by atoms with E-state index in [4.69, 9.17) is 0 Å². The predicted octanol–water partition coefficient (Wildman–Crippen LogP) is -0.277. The molecule has 6 nitrogen and oxygen atoms in total. The van der Waals surface area contributed by atoms with Gasteiger partial charge in [0.2, 0.25) is 0 Å². The molecule has 0 radical (unpaired) electrons. The highest BCUT2D eigenvalue weighted by Gasteiger charge is 2.22. The van der Waals surface area contributed by atoms with Crippen molar-refractivity contribution >= 4 is 22.5 Å². The van der Waals surface area contributed by atoms with Crippen molar-refractivity contribution in [1.82, 2.24) is 14.9 Å². The molecular formula is C10H14N4O2S. The van der Waals surface area contributed by atoms with Crippen LogP contribution in [0, 0.1) is 0 Å². The van der Waals surface area contributed by atoms with E-state index in [0.717, 1.165) is 0 Å². The molecule has 1 amide bonds. The number of anilines is 1. The highest BCUT2D eigenvalue weighted by Crippen LogP contribution is 2.07. The van der Waals surface area contributed by atoms with E-state index in [1.165, 1.54) is 6.20 Å². The number of hydrogen-bond acceptors (Lipinski definition) is 5. The van der Waals surface area contributed by atoms with E-state index >= 15 is 0 Å². The van der Waals surface area contributed by atoms with E-state index in [0.29, 0.717) is 36.1 Å². The molecule has 17 heavy (non-hydrogen) atoms. The number of carbonyl (C=O) groups excluding carboxylic acids is 1. The van der Waals surface area contributed by atoms with Crippen LogP contribution in [0.3, 0.4) is 0 Å². The van der Waals surface area contributed by atoms with Gasteiger partial charge < -0.3 is 10.2 Å². The molecule has 0 aliphatic carbocycles. The molecule has 0 unspecified atom stereocenters. The van der Waals surface area contributed by atoms with Crippen molar-refractivity contribution in [3.63, 3.8) is 0 Å². The summed E-state index contributed by atoms with van der Waals surface area (Å²) >= 11 is 0. The van der Waals surface area contributed by atoms with E-state index in [-0.39, 0.29) is 5.91 Å². The van der Waals surface area contributed by atoms with Crippen LogP contribution in [0.25, 0.3) is 0 Å². The summed E-state index contributed by atoms with van der Waals surface area (Å²) in [7, 11) is 0.942. The average Bonchev–Trinajstić information content (AvgIpc) is 2.39. The Morgan fingerprint density at radius 3 is 2.76 bits per heavy atom. The second-order valence-electron chi connectivity index (χ2n) is 3.68. The summed E-state index contributed by atoms with van der Waals surface area (Å²) in [6.07, 6.45) is 3.01. The Balaban J connectivity index is 2.10. The largest absolute Gasteiger partial charge is 0.372 e. The Morgan fingerprint density at radius 1 is 1.41 bits per heavy atom. The van der Waals surface area contributed by atoms with E-state index in [9.17, 15) is 9.00 Å². The molecule has 1 aromatic rings. The summed E-state index contributed by atoms with van der Waals surface area (Å²) in [6.45, 7) is 1.05. The zero-order valence-electron chi connectivity index (χ0n) is 9.55. The van der Waals surface area contributed by atoms with Crippen molar-refractivity contribution in [1.29, 1.82) is 0 Å². The molecule has 0 spiro atoms. The predicted molar refractivity (Wildman–Crippen MR) is 65.4 cm³/mol. The molecular weight excluding hydrogens is 240 g/mol. The number of carbonyl (C=O) groups is 1. The van der Waals surface area contributed by atoms with Crippen LogP contribution in [-0.4, -0.2) is 56.6 Å². The molecule has 1 aliphatic rings. The van der Waals surface area contributed by atoms with Crippen molar-refractivity contribution in [3.8, 4) is 0 Å². The standard InChI is InChI=1S/C10H14N4O2S/c1-11-9-7-12-6-8(13-9)10(15)14-2-4-17(16)5-3-14/h6-7H,2-5H2,1H3,(H,11,13). The van der Waals surface area contributed by atoms with Crippen molar-refractivity contribution < 1.29 is 9.00 Å². The lowest BCUT2D eigenvalue weighted by atomic mass is 10.3. The molecule has 0 atom stereocenters. The first-order valence-corrected chi connectivity index (χ1v) is 6.83. The van der Waals surface area contributed by atoms with Gasteiger partial charge in [0, 0.05) is 42.4 Å². The summed E-state index contributed by atoms with van der Waals surface area (Å²) in [5.41, 5.74) is 0.324. The lowest BCUT2D eigenvalue weighted by molar-refractivity contribution is 0.0765. The molecule has 1 saturated heterocycles. The van der Waals surface area contributed by atoms with Crippen molar-refractivity contribution in [3.05, 3.63) is 18.1 Å². The van der Waals surface area contributed by atoms with Crippen LogP contribution < -0.4 is 5.32 Å². The quantitative estimate of drug-likeness (QED) is 0.786. The van der Waals surface area contributed by atoms with Crippen molar-refractivity contribution in [2.75, 3.05) is 37.0 Å². The summed E-state index contributed by atoms with van der Waals surface area (Å²) in [6, 6.07) is 0. The fourth-order valence-electron chi connectivity index (χ4n) is 1.59. The van der Waals surface area contributed by atoms with Gasteiger partial charge in [-0.1, -0.05) is 0 Å². The zero-order chi connectivity index (χ0) is 12.3. The third-order valence-corrected chi connectivity index (χ3v) is 3.85. The van der Waals surface area contributed by atoms with Gasteiger partial charge in [-0.2, -0.15) is 0 Å². The maximum Gasteiger partial charge on any atom is 0.274 e. The van der Waals surface area contributed by atoms with Crippen LogP contribution in [0.5, 0.6) is 0 Å². The van der Waals surface area contributed by atoms with Crippen LogP contribution >= 0.6 is 0 Å². The molecule has 1 fully saturated rings. The monoisotopic (exact) mass is 254 g/mol. The number of hydrogen-bond donors (Lipinski definition) is 1. The minimum atomic E-state index is -0.782. The van der Waals surface area contributed by atoms with Gasteiger partial charge in [-0.05, 0) is 0 Å². The number of nitrogens with zero attached hydrogens (tertiary/aromatic N) is 3. The van der Waals surface area contributed by atoms with Crippen LogP contribution in [0.4, 0.5) is 5.82 Å². The molecule has 0 saturated carbocycles. The second kappa shape index (κ2) is 5.22. The van der Waals surface area contributed by atoms with Gasteiger partial charge in [0.1, 0.15) is 11.5 Å². The van der Waals surface area contributed by atoms with Gasteiger partial charge in [-0.15, -0.1) is 0 Å². The molecule has 7 heteroatoms. The van der Waals surface area contributed by atoms with Crippen molar-refractivity contribution in [2.45, 2.75) is 0 Å². The Labute approximate surface area is 102 Å². The topological polar surface area (TPSA) is 75.2 Å². The SMILES string of the molecule is CNc1cncc(C(=O)N2CCS(=O)CC2)n1. The smallest absolute Gasteiger partial charge is 0.274 e. The first kappa shape index (κ1) is 12.0. The van der Waals surface area contributed by atoms with Crippen molar-refractivity contribution in [2.24, 2.45) is 0 Å². The first-order valence-electron chi connectivity index (χ1n) is 5.35. The molecule has 1 aromatic heterocycles. The van der Waals surface area contributed by atoms with Crippen LogP contribution in [0.2, 0.25) is 0 Å². The molecule has 2 rings (SSSR count). The number of aromatic nitrogens is 2. The Morgan fingerprint density at radius 2 is 2.12 bits per heavy atom. The third kappa shape index (κ3) is 2.79. The van der Waals surface area contributed by atoms with Gasteiger partial charge in [-0.3, -0.25) is 14.0 Å². The van der Waals surface area contributed by atoms with Gasteiger partial charge in [0.25, 0.3) is 5.91 Å². The summed E-state index contributed by atoms with van der Waals surface area (Å²) in [4.78, 5) is 21.8. The Hall–Kier alpha value is -1.50. The number of nitrogens with one attached hydrogen (secondary N) is 1. The number of amides is 1. The average molecular weight is 254 g/mol. The highest BCUT2D eigenvalue weighted by atomic mass is 32.2. The molecule has 1 N–H and O–H groups in total. The third-order valence-electron chi connectivity index (χ3n) is 2.57. The van der Waals surface area contributed by atoms with E-state index in [2.05, 4.69) is 15.3 Å². The second-order valence-corrected chi connectivity index (χ2v) is 5.38. The Bertz CT molecular complexity index is 442. The van der Waals surface area contributed by atoms with Gasteiger partial charge in [-0.25, -0.2) is 4.98 Å². The van der Waals surface area contributed by atoms with Crippen LogP contribution in [0.1, 0.15) is 10.5 Å². The van der Waals surface area contributed by atoms with E-state index in [1.54, 1.807) is 18.1 Å². The fraction of sp³-hybridized carbons (Fsp3) is 0.500. The minimum Gasteiger partial charge on any atom is -0.372 e. The highest BCUT2D eigenvalue weighted by molar-refractivity contribution is 7.85. The molecule has 0 aromatic carbocycles. The summed E-state index contributed by atoms with van der Waals surface area (Å²) < 4.78 is 11.2. The summed E-state index contributed by atoms with van der Waals surface area (Å²) in [5, 5.41) is 2.84. The Kier molecular flexibility index (Phi) is 3.68. The number of rotatable bonds is 2. The molecule has 0 bridgehead atoms. The normalized spacial score (nSPS) is 16.9. The van der Waals surface area contributed by atoms with E-state index in [1.807, 2.05) is 0 Å². The lowest BCUT2D eigenvalue weighted by Crippen LogP contribution is -2.42. The molecule has 2 heterocycles. The summed E-state index contributed by atoms with van der Waals surface area (Å²) in [5.74, 6) is 1.51. The first-order chi connectivity index (χ1) is 8.20. The maximum absolute atomic E-state index is 12.1. The maximum atomic E-state index is 12.1. The van der Waals surface area contributed by atoms with Gasteiger partial charge in [0.15, 0.2) is 0 Å². The molecule has 1 aliphatic heterocycles. The lowest BCUT2D eigenvalue weighted by Gasteiger charge is -2.25. The minimum absolute atomic E-state index is 0.147.